The molecule has 0 aliphatic carbocycles. The maximum atomic E-state index is 12.2. The average Bonchev–Trinajstić information content (AvgIpc) is 2.93. The number of thioether (sulfide) groups is 1. The van der Waals surface area contributed by atoms with Gasteiger partial charge < -0.3 is 11.1 Å². The number of primary amides is 1. The van der Waals surface area contributed by atoms with Crippen LogP contribution in [0, 0.1) is 6.92 Å². The Kier molecular flexibility index (Phi) is 6.67. The smallest absolute Gasteiger partial charge is 0.230 e. The van der Waals surface area contributed by atoms with Gasteiger partial charge in [0.1, 0.15) is 0 Å². The summed E-state index contributed by atoms with van der Waals surface area (Å²) in [6.45, 7) is 2.05. The minimum Gasteiger partial charge on any atom is -0.369 e. The van der Waals surface area contributed by atoms with E-state index in [-0.39, 0.29) is 23.5 Å². The van der Waals surface area contributed by atoms with E-state index in [9.17, 15) is 9.59 Å². The fourth-order valence-electron chi connectivity index (χ4n) is 2.28. The normalized spacial score (nSPS) is 11.9. The fourth-order valence-corrected chi connectivity index (χ4v) is 3.83. The van der Waals surface area contributed by atoms with Crippen molar-refractivity contribution in [2.75, 3.05) is 11.5 Å². The highest BCUT2D eigenvalue weighted by Gasteiger charge is 2.18. The number of carbonyl (C=O) groups excluding carboxylic acids is 2. The van der Waals surface area contributed by atoms with Crippen molar-refractivity contribution < 1.29 is 9.59 Å². The number of nitrogens with one attached hydrogen (secondary N) is 1. The molecule has 122 valence electrons. The van der Waals surface area contributed by atoms with Gasteiger partial charge in [0.05, 0.1) is 17.5 Å². The van der Waals surface area contributed by atoms with Crippen molar-refractivity contribution >= 4 is 34.9 Å². The van der Waals surface area contributed by atoms with Crippen LogP contribution in [0.4, 0.5) is 0 Å². The Morgan fingerprint density at radius 2 is 1.96 bits per heavy atom. The molecule has 6 heteroatoms. The summed E-state index contributed by atoms with van der Waals surface area (Å²) < 4.78 is 0. The third-order valence-corrected chi connectivity index (χ3v) is 5.40. The highest BCUT2D eigenvalue weighted by molar-refractivity contribution is 8.00. The van der Waals surface area contributed by atoms with Crippen LogP contribution in [0.2, 0.25) is 0 Å². The van der Waals surface area contributed by atoms with Crippen molar-refractivity contribution in [1.82, 2.24) is 5.32 Å². The first-order valence-corrected chi connectivity index (χ1v) is 9.33. The van der Waals surface area contributed by atoms with E-state index in [1.54, 1.807) is 11.3 Å². The summed E-state index contributed by atoms with van der Waals surface area (Å²) >= 11 is 2.89. The molecule has 0 unspecified atom stereocenters. The number of hydrogen-bond acceptors (Lipinski definition) is 4. The summed E-state index contributed by atoms with van der Waals surface area (Å²) in [5, 5.41) is 5.12. The lowest BCUT2D eigenvalue weighted by atomic mass is 10.0. The van der Waals surface area contributed by atoms with Gasteiger partial charge in [0.25, 0.3) is 0 Å². The molecule has 2 rings (SSSR count). The highest BCUT2D eigenvalue weighted by atomic mass is 32.2. The molecule has 2 aromatic rings. The second kappa shape index (κ2) is 8.74. The van der Waals surface area contributed by atoms with Crippen LogP contribution in [0.5, 0.6) is 0 Å². The number of rotatable bonds is 8. The van der Waals surface area contributed by atoms with Crippen molar-refractivity contribution in [1.29, 1.82) is 0 Å². The molecule has 2 amide bonds. The Balaban J connectivity index is 2.04. The molecule has 23 heavy (non-hydrogen) atoms. The zero-order chi connectivity index (χ0) is 16.7. The van der Waals surface area contributed by atoms with Gasteiger partial charge in [-0.3, -0.25) is 9.59 Å². The molecular weight excluding hydrogens is 328 g/mol. The van der Waals surface area contributed by atoms with Gasteiger partial charge in [-0.1, -0.05) is 30.3 Å². The van der Waals surface area contributed by atoms with E-state index in [0.29, 0.717) is 0 Å². The van der Waals surface area contributed by atoms with E-state index in [1.165, 1.54) is 27.8 Å². The number of thiophene rings is 1. The Morgan fingerprint density at radius 1 is 1.22 bits per heavy atom. The SMILES string of the molecule is Cc1ccsc1[C@H](Cc1ccccc1)NC(=O)CSCC(N)=O. The molecule has 0 saturated heterocycles. The van der Waals surface area contributed by atoms with Gasteiger partial charge in [0.15, 0.2) is 0 Å². The zero-order valence-electron chi connectivity index (χ0n) is 13.0. The quantitative estimate of drug-likeness (QED) is 0.770. The van der Waals surface area contributed by atoms with Gasteiger partial charge in [-0.25, -0.2) is 0 Å². The summed E-state index contributed by atoms with van der Waals surface area (Å²) in [5.41, 5.74) is 7.45. The molecule has 1 aromatic heterocycles. The maximum absolute atomic E-state index is 12.2. The molecule has 0 aliphatic rings. The number of benzene rings is 1. The lowest BCUT2D eigenvalue weighted by molar-refractivity contribution is -0.119. The number of carbonyl (C=O) groups is 2. The Bertz CT molecular complexity index is 656. The average molecular weight is 348 g/mol. The van der Waals surface area contributed by atoms with E-state index in [1.807, 2.05) is 23.6 Å². The van der Waals surface area contributed by atoms with E-state index in [2.05, 4.69) is 30.4 Å². The number of aryl methyl sites for hydroxylation is 1. The third-order valence-electron chi connectivity index (χ3n) is 3.31. The lowest BCUT2D eigenvalue weighted by Crippen LogP contribution is -2.31. The standard InChI is InChI=1S/C17H20N2O2S2/c1-12-7-8-23-17(12)14(9-13-5-3-2-4-6-13)19-16(21)11-22-10-15(18)20/h2-8,14H,9-11H2,1H3,(H2,18,20)(H,19,21)/t14-/m0/s1. The van der Waals surface area contributed by atoms with Crippen LogP contribution in [0.1, 0.15) is 22.0 Å². The van der Waals surface area contributed by atoms with Crippen LogP contribution in [-0.2, 0) is 16.0 Å². The van der Waals surface area contributed by atoms with Crippen LogP contribution in [0.25, 0.3) is 0 Å². The molecule has 0 aliphatic heterocycles. The molecule has 0 saturated carbocycles. The van der Waals surface area contributed by atoms with Gasteiger partial charge in [0.2, 0.25) is 11.8 Å². The van der Waals surface area contributed by atoms with E-state index in [0.717, 1.165) is 6.42 Å². The molecule has 3 N–H and O–H groups in total. The maximum Gasteiger partial charge on any atom is 0.230 e. The van der Waals surface area contributed by atoms with Crippen molar-refractivity contribution in [3.8, 4) is 0 Å². The number of hydrogen-bond donors (Lipinski definition) is 2. The first-order valence-electron chi connectivity index (χ1n) is 7.29. The van der Waals surface area contributed by atoms with E-state index >= 15 is 0 Å². The monoisotopic (exact) mass is 348 g/mol. The van der Waals surface area contributed by atoms with Crippen LogP contribution >= 0.6 is 23.1 Å². The molecular formula is C17H20N2O2S2. The van der Waals surface area contributed by atoms with Gasteiger partial charge in [-0.15, -0.1) is 23.1 Å². The van der Waals surface area contributed by atoms with Crippen molar-refractivity contribution in [2.24, 2.45) is 5.73 Å². The molecule has 1 aromatic carbocycles. The summed E-state index contributed by atoms with van der Waals surface area (Å²) in [4.78, 5) is 24.1. The summed E-state index contributed by atoms with van der Waals surface area (Å²) in [5.74, 6) is -0.0873. The van der Waals surface area contributed by atoms with Crippen LogP contribution in [-0.4, -0.2) is 23.3 Å². The molecule has 0 bridgehead atoms. The second-order valence-corrected chi connectivity index (χ2v) is 7.17. The van der Waals surface area contributed by atoms with Crippen LogP contribution in [0.15, 0.2) is 41.8 Å². The van der Waals surface area contributed by atoms with E-state index < -0.39 is 5.91 Å². The molecule has 1 atom stereocenters. The Hall–Kier alpha value is -1.79. The minimum atomic E-state index is -0.405. The molecule has 0 radical (unpaired) electrons. The highest BCUT2D eigenvalue weighted by Crippen LogP contribution is 2.27. The molecule has 4 nitrogen and oxygen atoms in total. The van der Waals surface area contributed by atoms with Crippen molar-refractivity contribution in [2.45, 2.75) is 19.4 Å². The van der Waals surface area contributed by atoms with Crippen LogP contribution < -0.4 is 11.1 Å². The predicted octanol–water partition coefficient (Wildman–Crippen LogP) is 2.68. The van der Waals surface area contributed by atoms with Crippen molar-refractivity contribution in [3.63, 3.8) is 0 Å². The second-order valence-electron chi connectivity index (χ2n) is 5.24. The van der Waals surface area contributed by atoms with Gasteiger partial charge in [0, 0.05) is 4.88 Å². The summed E-state index contributed by atoms with van der Waals surface area (Å²) in [6, 6.07) is 12.1. The Morgan fingerprint density at radius 3 is 2.57 bits per heavy atom. The first-order chi connectivity index (χ1) is 11.1. The third kappa shape index (κ3) is 5.73. The molecule has 0 spiro atoms. The minimum absolute atomic E-state index is 0.0564. The van der Waals surface area contributed by atoms with Crippen molar-refractivity contribution in [3.05, 3.63) is 57.8 Å². The fraction of sp³-hybridized carbons (Fsp3) is 0.294. The topological polar surface area (TPSA) is 72.2 Å². The van der Waals surface area contributed by atoms with E-state index in [4.69, 9.17) is 5.73 Å². The summed E-state index contributed by atoms with van der Waals surface area (Å²) in [6.07, 6.45) is 0.744. The first kappa shape index (κ1) is 17.6. The Labute approximate surface area is 144 Å². The predicted molar refractivity (Wildman–Crippen MR) is 96.6 cm³/mol. The lowest BCUT2D eigenvalue weighted by Gasteiger charge is -2.19. The number of nitrogens with two attached hydrogens (primary N) is 1. The summed E-state index contributed by atoms with van der Waals surface area (Å²) in [7, 11) is 0. The molecule has 0 fully saturated rings. The largest absolute Gasteiger partial charge is 0.369 e. The van der Waals surface area contributed by atoms with Gasteiger partial charge >= 0.3 is 0 Å². The van der Waals surface area contributed by atoms with Gasteiger partial charge in [-0.05, 0) is 35.9 Å². The zero-order valence-corrected chi connectivity index (χ0v) is 14.6. The van der Waals surface area contributed by atoms with Crippen LogP contribution in [0.3, 0.4) is 0 Å². The number of amides is 2. The molecule has 1 heterocycles. The van der Waals surface area contributed by atoms with Gasteiger partial charge in [-0.2, -0.15) is 0 Å².